The minimum Gasteiger partial charge on any atom is -0.381 e. The van der Waals surface area contributed by atoms with Crippen LogP contribution in [0.4, 0.5) is 23.1 Å². The third-order valence-corrected chi connectivity index (χ3v) is 6.70. The van der Waals surface area contributed by atoms with E-state index in [0.29, 0.717) is 41.4 Å². The first kappa shape index (κ1) is 21.5. The molecule has 4 rings (SSSR count). The zero-order chi connectivity index (χ0) is 21.8. The summed E-state index contributed by atoms with van der Waals surface area (Å²) in [6, 6.07) is 10.5. The minimum atomic E-state index is -0.301. The van der Waals surface area contributed by atoms with E-state index in [2.05, 4.69) is 51.2 Å². The van der Waals surface area contributed by atoms with Crippen molar-refractivity contribution >= 4 is 48.0 Å². The number of anilines is 4. The average molecular weight is 456 g/mol. The number of ether oxygens (including phenoxy) is 1. The maximum Gasteiger partial charge on any atom is 0.229 e. The molecular formula is C21H23ClN7OP. The van der Waals surface area contributed by atoms with Crippen LogP contribution >= 0.6 is 19.5 Å². The number of nitrogens with one attached hydrogen (secondary N) is 2. The monoisotopic (exact) mass is 455 g/mol. The number of rotatable bonds is 6. The normalized spacial score (nSPS) is 14.4. The number of para-hydroxylation sites is 1. The van der Waals surface area contributed by atoms with Crippen molar-refractivity contribution in [2.45, 2.75) is 18.9 Å². The van der Waals surface area contributed by atoms with Crippen LogP contribution in [0, 0.1) is 11.3 Å². The van der Waals surface area contributed by atoms with E-state index in [1.165, 1.54) is 11.5 Å². The lowest BCUT2D eigenvalue weighted by molar-refractivity contribution is 0.0660. The van der Waals surface area contributed by atoms with Crippen LogP contribution in [0.15, 0.2) is 36.7 Å². The van der Waals surface area contributed by atoms with Gasteiger partial charge in [-0.3, -0.25) is 0 Å². The van der Waals surface area contributed by atoms with Crippen molar-refractivity contribution in [2.24, 2.45) is 0 Å². The van der Waals surface area contributed by atoms with Crippen LogP contribution in [0.5, 0.6) is 0 Å². The predicted octanol–water partition coefficient (Wildman–Crippen LogP) is 4.40. The molecule has 3 aromatic rings. The molecule has 2 aromatic heterocycles. The van der Waals surface area contributed by atoms with Crippen LogP contribution in [-0.2, 0) is 4.74 Å². The second-order valence-electron chi connectivity index (χ2n) is 7.36. The van der Waals surface area contributed by atoms with E-state index in [1.807, 2.05) is 18.2 Å². The van der Waals surface area contributed by atoms with Crippen LogP contribution in [0.25, 0.3) is 0 Å². The molecule has 0 atom stereocenters. The van der Waals surface area contributed by atoms with Gasteiger partial charge < -0.3 is 15.4 Å². The first-order valence-electron chi connectivity index (χ1n) is 9.95. The van der Waals surface area contributed by atoms with Crippen molar-refractivity contribution in [3.63, 3.8) is 0 Å². The number of hydrogen-bond acceptors (Lipinski definition) is 7. The topological polar surface area (TPSA) is 101 Å². The van der Waals surface area contributed by atoms with Gasteiger partial charge in [0.2, 0.25) is 5.95 Å². The molecule has 2 N–H and O–H groups in total. The van der Waals surface area contributed by atoms with Gasteiger partial charge in [0.1, 0.15) is 11.1 Å². The molecule has 1 aliphatic rings. The summed E-state index contributed by atoms with van der Waals surface area (Å²) >= 11 is 6.35. The largest absolute Gasteiger partial charge is 0.381 e. The van der Waals surface area contributed by atoms with E-state index in [4.69, 9.17) is 16.3 Å². The van der Waals surface area contributed by atoms with Crippen molar-refractivity contribution in [1.29, 1.82) is 5.26 Å². The number of aromatic nitrogens is 4. The third kappa shape index (κ3) is 4.80. The van der Waals surface area contributed by atoms with E-state index in [0.717, 1.165) is 18.5 Å². The van der Waals surface area contributed by atoms with Gasteiger partial charge in [-0.05, 0) is 37.5 Å². The standard InChI is InChI=1S/C21H23ClN7OP/c1-31(2)19-6-4-3-5-16(19)26-20-15(22)12-24-21(28-20)27-17-13-25-29(18(17)11-23)14-7-9-30-10-8-14/h3-6,12-14H,7-10H2,1-2H3,(H2,24,26,27,28). The number of nitrogens with zero attached hydrogens (tertiary/aromatic N) is 5. The Morgan fingerprint density at radius 1 is 1.16 bits per heavy atom. The Balaban J connectivity index is 1.59. The van der Waals surface area contributed by atoms with Crippen molar-refractivity contribution in [3.05, 3.63) is 47.4 Å². The minimum absolute atomic E-state index is 0.150. The van der Waals surface area contributed by atoms with Gasteiger partial charge in [-0.1, -0.05) is 37.7 Å². The molecule has 0 amide bonds. The summed E-state index contributed by atoms with van der Waals surface area (Å²) in [6.07, 6.45) is 4.84. The summed E-state index contributed by atoms with van der Waals surface area (Å²) in [4.78, 5) is 8.81. The van der Waals surface area contributed by atoms with E-state index in [-0.39, 0.29) is 14.0 Å². The third-order valence-electron chi connectivity index (χ3n) is 5.07. The molecule has 10 heteroatoms. The Morgan fingerprint density at radius 2 is 1.94 bits per heavy atom. The maximum absolute atomic E-state index is 9.72. The Bertz CT molecular complexity index is 1110. The summed E-state index contributed by atoms with van der Waals surface area (Å²) in [7, 11) is -0.301. The summed E-state index contributed by atoms with van der Waals surface area (Å²) in [6.45, 7) is 5.74. The highest BCUT2D eigenvalue weighted by atomic mass is 35.5. The molecule has 0 unspecified atom stereocenters. The van der Waals surface area contributed by atoms with E-state index >= 15 is 0 Å². The number of benzene rings is 1. The van der Waals surface area contributed by atoms with Gasteiger partial charge >= 0.3 is 0 Å². The lowest BCUT2D eigenvalue weighted by Gasteiger charge is -2.22. The van der Waals surface area contributed by atoms with Gasteiger partial charge in [0.05, 0.1) is 24.1 Å². The molecule has 0 bridgehead atoms. The second kappa shape index (κ2) is 9.61. The zero-order valence-electron chi connectivity index (χ0n) is 17.3. The Morgan fingerprint density at radius 3 is 2.68 bits per heavy atom. The van der Waals surface area contributed by atoms with Crippen molar-refractivity contribution < 1.29 is 4.74 Å². The summed E-state index contributed by atoms with van der Waals surface area (Å²) < 4.78 is 7.18. The number of nitriles is 1. The van der Waals surface area contributed by atoms with Crippen LogP contribution in [0.3, 0.4) is 0 Å². The van der Waals surface area contributed by atoms with Gasteiger partial charge in [0, 0.05) is 18.9 Å². The van der Waals surface area contributed by atoms with E-state index < -0.39 is 0 Å². The van der Waals surface area contributed by atoms with Gasteiger partial charge in [-0.15, -0.1) is 0 Å². The highest BCUT2D eigenvalue weighted by Crippen LogP contribution is 2.32. The summed E-state index contributed by atoms with van der Waals surface area (Å²) in [5.74, 6) is 0.835. The number of hydrogen-bond donors (Lipinski definition) is 2. The molecular weight excluding hydrogens is 433 g/mol. The first-order valence-corrected chi connectivity index (χ1v) is 12.6. The van der Waals surface area contributed by atoms with Gasteiger partial charge in [0.15, 0.2) is 11.5 Å². The molecule has 8 nitrogen and oxygen atoms in total. The smallest absolute Gasteiger partial charge is 0.229 e. The highest BCUT2D eigenvalue weighted by Gasteiger charge is 2.22. The fourth-order valence-electron chi connectivity index (χ4n) is 3.50. The molecule has 160 valence electrons. The first-order chi connectivity index (χ1) is 15.1. The fraction of sp³-hybridized carbons (Fsp3) is 0.333. The Labute approximate surface area is 187 Å². The second-order valence-corrected chi connectivity index (χ2v) is 10.0. The van der Waals surface area contributed by atoms with Crippen molar-refractivity contribution in [3.8, 4) is 6.07 Å². The summed E-state index contributed by atoms with van der Waals surface area (Å²) in [5, 5.41) is 22.2. The van der Waals surface area contributed by atoms with E-state index in [1.54, 1.807) is 10.9 Å². The van der Waals surface area contributed by atoms with Crippen molar-refractivity contribution in [2.75, 3.05) is 37.2 Å². The zero-order valence-corrected chi connectivity index (χ0v) is 19.0. The van der Waals surface area contributed by atoms with Crippen molar-refractivity contribution in [1.82, 2.24) is 19.7 Å². The molecule has 3 heterocycles. The Hall–Kier alpha value is -2.72. The molecule has 1 aromatic carbocycles. The van der Waals surface area contributed by atoms with Gasteiger partial charge in [-0.25, -0.2) is 9.67 Å². The highest BCUT2D eigenvalue weighted by molar-refractivity contribution is 7.64. The quantitative estimate of drug-likeness (QED) is 0.531. The molecule has 1 aliphatic heterocycles. The van der Waals surface area contributed by atoms with E-state index in [9.17, 15) is 5.26 Å². The lowest BCUT2D eigenvalue weighted by Crippen LogP contribution is -2.21. The molecule has 1 saturated heterocycles. The predicted molar refractivity (Wildman–Crippen MR) is 124 cm³/mol. The molecule has 0 radical (unpaired) electrons. The van der Waals surface area contributed by atoms with Crippen LogP contribution in [0.2, 0.25) is 5.02 Å². The lowest BCUT2D eigenvalue weighted by atomic mass is 10.1. The fourth-order valence-corrected chi connectivity index (χ4v) is 4.64. The SMILES string of the molecule is CP(C)c1ccccc1Nc1nc(Nc2cnn(C3CCOCC3)c2C#N)ncc1Cl. The van der Waals surface area contributed by atoms with Gasteiger partial charge in [0.25, 0.3) is 0 Å². The van der Waals surface area contributed by atoms with Gasteiger partial charge in [-0.2, -0.15) is 15.3 Å². The molecule has 0 saturated carbocycles. The number of halogens is 1. The maximum atomic E-state index is 9.72. The average Bonchev–Trinajstić information content (AvgIpc) is 3.19. The molecule has 0 spiro atoms. The summed E-state index contributed by atoms with van der Waals surface area (Å²) in [5.41, 5.74) is 1.98. The van der Waals surface area contributed by atoms with Crippen LogP contribution in [-0.4, -0.2) is 46.3 Å². The molecule has 31 heavy (non-hydrogen) atoms. The Kier molecular flexibility index (Phi) is 6.67. The van der Waals surface area contributed by atoms with Crippen LogP contribution in [0.1, 0.15) is 24.6 Å². The molecule has 0 aliphatic carbocycles. The van der Waals surface area contributed by atoms with Crippen LogP contribution < -0.4 is 15.9 Å². The molecule has 1 fully saturated rings.